The lowest BCUT2D eigenvalue weighted by Crippen LogP contribution is -2.44. The van der Waals surface area contributed by atoms with Gasteiger partial charge in [0.15, 0.2) is 17.3 Å². The molecule has 2 fully saturated rings. The predicted molar refractivity (Wildman–Crippen MR) is 134 cm³/mol. The van der Waals surface area contributed by atoms with E-state index in [0.29, 0.717) is 47.3 Å². The molecule has 5 N–H and O–H groups in total. The molecule has 1 saturated carbocycles. The first-order valence-corrected chi connectivity index (χ1v) is 12.5. The van der Waals surface area contributed by atoms with Gasteiger partial charge in [0.25, 0.3) is 0 Å². The molecule has 0 radical (unpaired) electrons. The van der Waals surface area contributed by atoms with Crippen LogP contribution in [0.4, 0.5) is 5.69 Å². The number of para-hydroxylation sites is 1. The minimum atomic E-state index is -0.293. The maximum atomic E-state index is 11.8. The van der Waals surface area contributed by atoms with Crippen LogP contribution in [0.2, 0.25) is 0 Å². The monoisotopic (exact) mass is 470 g/mol. The van der Waals surface area contributed by atoms with Gasteiger partial charge < -0.3 is 36.1 Å². The molecule has 1 aromatic rings. The fraction of sp³-hybridized carbons (Fsp3) is 0.600. The molecule has 0 aromatic heterocycles. The predicted octanol–water partition coefficient (Wildman–Crippen LogP) is 2.06. The lowest BCUT2D eigenvalue weighted by atomic mass is 9.86. The number of benzene rings is 1. The average molecular weight is 471 g/mol. The molecule has 9 nitrogen and oxygen atoms in total. The van der Waals surface area contributed by atoms with E-state index in [1.54, 1.807) is 0 Å². The zero-order valence-electron chi connectivity index (χ0n) is 20.1. The van der Waals surface area contributed by atoms with E-state index in [1.165, 1.54) is 6.92 Å². The molecule has 0 unspecified atom stereocenters. The summed E-state index contributed by atoms with van der Waals surface area (Å²) in [5.41, 5.74) is 6.51. The van der Waals surface area contributed by atoms with Crippen molar-refractivity contribution >= 4 is 17.4 Å². The summed E-state index contributed by atoms with van der Waals surface area (Å²) in [6.45, 7) is 8.07. The van der Waals surface area contributed by atoms with E-state index in [2.05, 4.69) is 25.8 Å². The highest BCUT2D eigenvalue weighted by Gasteiger charge is 2.25. The highest BCUT2D eigenvalue weighted by molar-refractivity contribution is 6.13. The number of rotatable bonds is 8. The largest absolute Gasteiger partial charge is 0.491 e. The molecule has 3 aliphatic rings. The Morgan fingerprint density at radius 3 is 2.82 bits per heavy atom. The van der Waals surface area contributed by atoms with Crippen molar-refractivity contribution in [3.63, 3.8) is 0 Å². The molecule has 186 valence electrons. The number of amidine groups is 1. The van der Waals surface area contributed by atoms with E-state index >= 15 is 0 Å². The molecular formula is C25H38N6O3. The molecule has 2 heterocycles. The van der Waals surface area contributed by atoms with Gasteiger partial charge in [-0.05, 0) is 56.7 Å². The topological polar surface area (TPSA) is 113 Å². The first-order valence-electron chi connectivity index (χ1n) is 12.5. The summed E-state index contributed by atoms with van der Waals surface area (Å²) < 4.78 is 12.2. The lowest BCUT2D eigenvalue weighted by Gasteiger charge is -2.29. The van der Waals surface area contributed by atoms with Gasteiger partial charge in [0.1, 0.15) is 11.4 Å². The van der Waals surface area contributed by atoms with Crippen LogP contribution in [0.1, 0.15) is 39.0 Å². The number of nitrogens with zero attached hydrogens (tertiary/aromatic N) is 2. The van der Waals surface area contributed by atoms with E-state index in [-0.39, 0.29) is 5.91 Å². The molecule has 1 aliphatic carbocycles. The Hall–Kier alpha value is -2.62. The summed E-state index contributed by atoms with van der Waals surface area (Å²) >= 11 is 0. The van der Waals surface area contributed by atoms with E-state index < -0.39 is 0 Å². The molecule has 0 bridgehead atoms. The number of anilines is 1. The molecule has 4 rings (SSSR count). The van der Waals surface area contributed by atoms with Crippen LogP contribution < -0.4 is 31.2 Å². The van der Waals surface area contributed by atoms with Gasteiger partial charge in [0.05, 0.1) is 6.61 Å². The third kappa shape index (κ3) is 6.71. The van der Waals surface area contributed by atoms with Crippen molar-refractivity contribution in [1.82, 2.24) is 15.5 Å². The number of ether oxygens (including phenoxy) is 2. The van der Waals surface area contributed by atoms with Gasteiger partial charge >= 0.3 is 0 Å². The van der Waals surface area contributed by atoms with Crippen molar-refractivity contribution < 1.29 is 14.3 Å². The molecule has 9 heteroatoms. The van der Waals surface area contributed by atoms with Crippen LogP contribution in [0.25, 0.3) is 0 Å². The van der Waals surface area contributed by atoms with Crippen molar-refractivity contribution in [3.8, 4) is 11.5 Å². The Balaban J connectivity index is 1.39. The van der Waals surface area contributed by atoms with Gasteiger partial charge in [-0.2, -0.15) is 4.99 Å². The SMILES string of the molecule is CC(=O)/N=C1/Nc2c(OCCCN3CCNCC3)cccc2O/C1=C/N[C@H]1CC[C@H](CN)CC1. The Kier molecular flexibility index (Phi) is 8.79. The van der Waals surface area contributed by atoms with Crippen molar-refractivity contribution in [3.05, 3.63) is 30.2 Å². The quantitative estimate of drug-likeness (QED) is 0.427. The van der Waals surface area contributed by atoms with Crippen LogP contribution in [0.15, 0.2) is 35.2 Å². The Bertz CT molecular complexity index is 889. The molecule has 1 saturated heterocycles. The van der Waals surface area contributed by atoms with Gasteiger partial charge in [-0.15, -0.1) is 0 Å². The number of carbonyl (C=O) groups is 1. The number of hydrogen-bond donors (Lipinski definition) is 4. The Morgan fingerprint density at radius 2 is 2.09 bits per heavy atom. The number of aliphatic imine (C=N–C) groups is 1. The minimum absolute atomic E-state index is 0.293. The van der Waals surface area contributed by atoms with Crippen LogP contribution >= 0.6 is 0 Å². The second kappa shape index (κ2) is 12.2. The highest BCUT2D eigenvalue weighted by Crippen LogP contribution is 2.39. The Morgan fingerprint density at radius 1 is 1.29 bits per heavy atom. The first-order chi connectivity index (χ1) is 16.6. The number of fused-ring (bicyclic) bond motifs is 1. The second-order valence-electron chi connectivity index (χ2n) is 9.26. The summed E-state index contributed by atoms with van der Waals surface area (Å²) in [6.07, 6.45) is 7.17. The highest BCUT2D eigenvalue weighted by atomic mass is 16.5. The van der Waals surface area contributed by atoms with Crippen LogP contribution in [-0.4, -0.2) is 68.6 Å². The number of nitrogens with two attached hydrogens (primary N) is 1. The molecule has 1 amide bonds. The zero-order chi connectivity index (χ0) is 23.8. The van der Waals surface area contributed by atoms with E-state index in [4.69, 9.17) is 15.2 Å². The van der Waals surface area contributed by atoms with Gasteiger partial charge in [0, 0.05) is 51.9 Å². The molecule has 34 heavy (non-hydrogen) atoms. The lowest BCUT2D eigenvalue weighted by molar-refractivity contribution is -0.115. The molecular weight excluding hydrogens is 432 g/mol. The Labute approximate surface area is 202 Å². The fourth-order valence-corrected chi connectivity index (χ4v) is 4.69. The molecule has 0 spiro atoms. The summed E-state index contributed by atoms with van der Waals surface area (Å²) in [5.74, 6) is 2.57. The van der Waals surface area contributed by atoms with Crippen molar-refractivity contribution in [2.45, 2.75) is 45.1 Å². The summed E-state index contributed by atoms with van der Waals surface area (Å²) in [4.78, 5) is 18.4. The normalized spacial score (nSPS) is 25.4. The van der Waals surface area contributed by atoms with Crippen LogP contribution in [0.3, 0.4) is 0 Å². The number of amides is 1. The first kappa shape index (κ1) is 24.5. The smallest absolute Gasteiger partial charge is 0.244 e. The summed E-state index contributed by atoms with van der Waals surface area (Å²) in [6, 6.07) is 6.08. The maximum Gasteiger partial charge on any atom is 0.244 e. The van der Waals surface area contributed by atoms with Crippen LogP contribution in [0, 0.1) is 5.92 Å². The minimum Gasteiger partial charge on any atom is -0.491 e. The zero-order valence-corrected chi connectivity index (χ0v) is 20.1. The standard InChI is InChI=1S/C25H38N6O3/c1-18(32)29-25-23(17-28-20-8-6-19(16-26)7-9-20)34-22-5-2-4-21(24(22)30-25)33-15-3-12-31-13-10-27-11-14-31/h2,4-5,17,19-20,27-28H,3,6-16,26H2,1H3,(H,29,30,32)/b23-17+/t19-,20-. The molecule has 1 aromatic carbocycles. The van der Waals surface area contributed by atoms with Gasteiger partial charge in [-0.25, -0.2) is 0 Å². The molecule has 0 atom stereocenters. The number of piperazine rings is 1. The van der Waals surface area contributed by atoms with E-state index in [1.807, 2.05) is 24.4 Å². The number of hydrogen-bond acceptors (Lipinski definition) is 7. The van der Waals surface area contributed by atoms with Crippen molar-refractivity contribution in [2.75, 3.05) is 51.2 Å². The number of carbonyl (C=O) groups excluding carboxylic acids is 1. The number of nitrogens with one attached hydrogen (secondary N) is 3. The van der Waals surface area contributed by atoms with Crippen LogP contribution in [0.5, 0.6) is 11.5 Å². The summed E-state index contributed by atoms with van der Waals surface area (Å²) in [7, 11) is 0. The van der Waals surface area contributed by atoms with Crippen LogP contribution in [-0.2, 0) is 4.79 Å². The van der Waals surface area contributed by atoms with E-state index in [9.17, 15) is 4.79 Å². The van der Waals surface area contributed by atoms with Gasteiger partial charge in [-0.3, -0.25) is 4.79 Å². The summed E-state index contributed by atoms with van der Waals surface area (Å²) in [5, 5.41) is 10.1. The average Bonchev–Trinajstić information content (AvgIpc) is 2.86. The molecule has 2 aliphatic heterocycles. The van der Waals surface area contributed by atoms with Crippen molar-refractivity contribution in [2.24, 2.45) is 16.6 Å². The van der Waals surface area contributed by atoms with Gasteiger partial charge in [-0.1, -0.05) is 6.07 Å². The third-order valence-corrected chi connectivity index (χ3v) is 6.67. The fourth-order valence-electron chi connectivity index (χ4n) is 4.69. The van der Waals surface area contributed by atoms with Crippen molar-refractivity contribution in [1.29, 1.82) is 0 Å². The second-order valence-corrected chi connectivity index (χ2v) is 9.26. The van der Waals surface area contributed by atoms with E-state index in [0.717, 1.165) is 71.4 Å². The van der Waals surface area contributed by atoms with Gasteiger partial charge in [0.2, 0.25) is 5.91 Å². The third-order valence-electron chi connectivity index (χ3n) is 6.67. The maximum absolute atomic E-state index is 11.8.